The Labute approximate surface area is 99.3 Å². The number of allylic oxidation sites excluding steroid dienone is 3. The van der Waals surface area contributed by atoms with Gasteiger partial charge in [-0.2, -0.15) is 5.26 Å². The van der Waals surface area contributed by atoms with E-state index in [4.69, 9.17) is 15.1 Å². The fraction of sp³-hybridized carbons (Fsp3) is 0.250. The molecule has 0 saturated carbocycles. The van der Waals surface area contributed by atoms with Gasteiger partial charge in [-0.05, 0) is 26.0 Å². The molecule has 0 amide bonds. The molecular weight excluding hydrogens is 222 g/mol. The summed E-state index contributed by atoms with van der Waals surface area (Å²) in [7, 11) is 0. The topological polar surface area (TPSA) is 87.4 Å². The lowest BCUT2D eigenvalue weighted by atomic mass is 10.2. The zero-order chi connectivity index (χ0) is 13.3. The first-order valence-electron chi connectivity index (χ1n) is 4.88. The molecule has 0 aromatic heterocycles. The third-order valence-electron chi connectivity index (χ3n) is 1.70. The van der Waals surface area contributed by atoms with E-state index in [-0.39, 0.29) is 17.8 Å². The molecule has 0 bridgehead atoms. The van der Waals surface area contributed by atoms with Crippen LogP contribution in [0.3, 0.4) is 0 Å². The van der Waals surface area contributed by atoms with Gasteiger partial charge in [0.2, 0.25) is 0 Å². The van der Waals surface area contributed by atoms with E-state index in [1.165, 1.54) is 25.2 Å². The summed E-state index contributed by atoms with van der Waals surface area (Å²) in [5.74, 6) is -1.68. The van der Waals surface area contributed by atoms with Crippen LogP contribution in [-0.4, -0.2) is 23.7 Å². The number of hydrogen-bond donors (Lipinski definition) is 1. The third-order valence-corrected chi connectivity index (χ3v) is 1.70. The summed E-state index contributed by atoms with van der Waals surface area (Å²) in [5, 5.41) is 17.0. The van der Waals surface area contributed by atoms with Crippen LogP contribution in [-0.2, 0) is 14.3 Å². The van der Waals surface area contributed by atoms with E-state index in [1.807, 2.05) is 0 Å². The normalized spacial score (nSPS) is 12.3. The smallest absolute Gasteiger partial charge is 0.338 e. The molecule has 0 unspecified atom stereocenters. The second-order valence-electron chi connectivity index (χ2n) is 2.96. The van der Waals surface area contributed by atoms with Gasteiger partial charge in [0.1, 0.15) is 0 Å². The first-order chi connectivity index (χ1) is 8.02. The van der Waals surface area contributed by atoms with Crippen LogP contribution in [0.5, 0.6) is 0 Å². The molecule has 0 radical (unpaired) electrons. The minimum atomic E-state index is -1.08. The highest BCUT2D eigenvalue weighted by molar-refractivity contribution is 5.92. The number of ether oxygens (including phenoxy) is 1. The highest BCUT2D eigenvalue weighted by Gasteiger charge is 2.06. The van der Waals surface area contributed by atoms with Crippen molar-refractivity contribution in [1.82, 2.24) is 0 Å². The first-order valence-corrected chi connectivity index (χ1v) is 4.88. The van der Waals surface area contributed by atoms with Gasteiger partial charge in [-0.25, -0.2) is 9.59 Å². The van der Waals surface area contributed by atoms with Crippen molar-refractivity contribution in [3.63, 3.8) is 0 Å². The van der Waals surface area contributed by atoms with Crippen LogP contribution in [0.1, 0.15) is 13.8 Å². The maximum Gasteiger partial charge on any atom is 0.338 e. The van der Waals surface area contributed by atoms with E-state index in [1.54, 1.807) is 13.0 Å². The van der Waals surface area contributed by atoms with Crippen molar-refractivity contribution in [2.75, 3.05) is 6.61 Å². The van der Waals surface area contributed by atoms with Gasteiger partial charge >= 0.3 is 11.9 Å². The zero-order valence-electron chi connectivity index (χ0n) is 9.64. The maximum atomic E-state index is 11.4. The minimum absolute atomic E-state index is 0.0807. The number of carboxylic acid groups (broad SMARTS) is 1. The van der Waals surface area contributed by atoms with Gasteiger partial charge in [0, 0.05) is 11.6 Å². The number of carbonyl (C=O) groups excluding carboxylic acids is 1. The average Bonchev–Trinajstić information content (AvgIpc) is 2.28. The monoisotopic (exact) mass is 235 g/mol. The van der Waals surface area contributed by atoms with Crippen LogP contribution in [0.25, 0.3) is 0 Å². The summed E-state index contributed by atoms with van der Waals surface area (Å²) in [5.41, 5.74) is 0.200. The molecule has 1 N–H and O–H groups in total. The molecule has 0 rings (SSSR count). The van der Waals surface area contributed by atoms with Gasteiger partial charge in [-0.1, -0.05) is 6.08 Å². The van der Waals surface area contributed by atoms with E-state index in [9.17, 15) is 9.59 Å². The quantitative estimate of drug-likeness (QED) is 0.338. The lowest BCUT2D eigenvalue weighted by Crippen LogP contribution is -2.06. The number of rotatable bonds is 5. The van der Waals surface area contributed by atoms with Gasteiger partial charge in [0.25, 0.3) is 0 Å². The summed E-state index contributed by atoms with van der Waals surface area (Å²) in [4.78, 5) is 21.9. The lowest BCUT2D eigenvalue weighted by Gasteiger charge is -2.00. The summed E-state index contributed by atoms with van der Waals surface area (Å²) in [6, 6.07) is 1.74. The van der Waals surface area contributed by atoms with E-state index in [2.05, 4.69) is 0 Å². The number of hydrogen-bond acceptors (Lipinski definition) is 4. The Morgan fingerprint density at radius 1 is 1.41 bits per heavy atom. The van der Waals surface area contributed by atoms with Crippen molar-refractivity contribution in [3.05, 3.63) is 35.5 Å². The second-order valence-corrected chi connectivity index (χ2v) is 2.96. The van der Waals surface area contributed by atoms with Gasteiger partial charge in [0.05, 0.1) is 18.2 Å². The molecule has 5 heteroatoms. The van der Waals surface area contributed by atoms with Gasteiger partial charge in [-0.3, -0.25) is 0 Å². The van der Waals surface area contributed by atoms with Crippen molar-refractivity contribution in [2.24, 2.45) is 0 Å². The lowest BCUT2D eigenvalue weighted by molar-refractivity contribution is -0.138. The molecule has 0 spiro atoms. The first kappa shape index (κ1) is 14.6. The van der Waals surface area contributed by atoms with E-state index < -0.39 is 11.9 Å². The zero-order valence-corrected chi connectivity index (χ0v) is 9.64. The Balaban J connectivity index is 5.06. The average molecular weight is 235 g/mol. The SMILES string of the molecule is CCOC(=O)C(C=CC#N)=CC=C(C)C(=O)O. The molecule has 0 fully saturated rings. The van der Waals surface area contributed by atoms with Gasteiger partial charge < -0.3 is 9.84 Å². The summed E-state index contributed by atoms with van der Waals surface area (Å²) in [6.45, 7) is 3.26. The molecule has 5 nitrogen and oxygen atoms in total. The Morgan fingerprint density at radius 2 is 2.06 bits per heavy atom. The standard InChI is InChI=1S/C12H13NO4/c1-3-17-12(16)10(5-4-8-13)7-6-9(2)11(14)15/h4-7H,3H2,1-2H3,(H,14,15). The molecule has 0 aromatic rings. The van der Waals surface area contributed by atoms with Gasteiger partial charge in [0.15, 0.2) is 0 Å². The number of nitrogens with zero attached hydrogens (tertiary/aromatic N) is 1. The predicted octanol–water partition coefficient (Wildman–Crippen LogP) is 1.59. The van der Waals surface area contributed by atoms with Gasteiger partial charge in [-0.15, -0.1) is 0 Å². The van der Waals surface area contributed by atoms with Crippen LogP contribution in [0.4, 0.5) is 0 Å². The van der Waals surface area contributed by atoms with Crippen LogP contribution in [0.2, 0.25) is 0 Å². The van der Waals surface area contributed by atoms with E-state index in [0.717, 1.165) is 6.08 Å². The number of nitriles is 1. The molecule has 90 valence electrons. The van der Waals surface area contributed by atoms with Crippen LogP contribution >= 0.6 is 0 Å². The number of esters is 1. The molecule has 0 aliphatic heterocycles. The molecular formula is C12H13NO4. The molecule has 0 aromatic carbocycles. The fourth-order valence-corrected chi connectivity index (χ4v) is 0.819. The van der Waals surface area contributed by atoms with Crippen LogP contribution < -0.4 is 0 Å². The highest BCUT2D eigenvalue weighted by atomic mass is 16.5. The Morgan fingerprint density at radius 3 is 2.53 bits per heavy atom. The second kappa shape index (κ2) is 7.88. The van der Waals surface area contributed by atoms with Crippen LogP contribution in [0, 0.1) is 11.3 Å². The Hall–Kier alpha value is -2.35. The molecule has 17 heavy (non-hydrogen) atoms. The maximum absolute atomic E-state index is 11.4. The molecule has 0 heterocycles. The summed E-state index contributed by atoms with van der Waals surface area (Å²) in [6.07, 6.45) is 4.96. The molecule has 0 atom stereocenters. The van der Waals surface area contributed by atoms with Crippen molar-refractivity contribution in [3.8, 4) is 6.07 Å². The molecule has 0 aliphatic rings. The molecule has 0 saturated heterocycles. The van der Waals surface area contributed by atoms with Crippen LogP contribution in [0.15, 0.2) is 35.5 Å². The minimum Gasteiger partial charge on any atom is -0.478 e. The number of carboxylic acids is 1. The van der Waals surface area contributed by atoms with Crippen molar-refractivity contribution < 1.29 is 19.4 Å². The Bertz CT molecular complexity index is 424. The van der Waals surface area contributed by atoms with E-state index >= 15 is 0 Å². The van der Waals surface area contributed by atoms with E-state index in [0.29, 0.717) is 0 Å². The third kappa shape index (κ3) is 5.95. The molecule has 0 aliphatic carbocycles. The number of aliphatic carboxylic acids is 1. The van der Waals surface area contributed by atoms with Crippen molar-refractivity contribution >= 4 is 11.9 Å². The fourth-order valence-electron chi connectivity index (χ4n) is 0.819. The summed E-state index contributed by atoms with van der Waals surface area (Å²) >= 11 is 0. The number of carbonyl (C=O) groups is 2. The van der Waals surface area contributed by atoms with Crippen molar-refractivity contribution in [1.29, 1.82) is 5.26 Å². The Kier molecular flexibility index (Phi) is 6.79. The highest BCUT2D eigenvalue weighted by Crippen LogP contribution is 2.03. The predicted molar refractivity (Wildman–Crippen MR) is 60.9 cm³/mol. The van der Waals surface area contributed by atoms with Crippen molar-refractivity contribution in [2.45, 2.75) is 13.8 Å². The summed E-state index contributed by atoms with van der Waals surface area (Å²) < 4.78 is 4.75. The largest absolute Gasteiger partial charge is 0.478 e.